The van der Waals surface area contributed by atoms with Crippen LogP contribution in [0.3, 0.4) is 0 Å². The first-order valence-corrected chi connectivity index (χ1v) is 8.39. The summed E-state index contributed by atoms with van der Waals surface area (Å²) in [6.45, 7) is 2.17. The number of hydrogen-bond donors (Lipinski definition) is 1. The lowest BCUT2D eigenvalue weighted by Crippen LogP contribution is -2.28. The molecule has 1 saturated heterocycles. The van der Waals surface area contributed by atoms with Crippen molar-refractivity contribution in [3.8, 4) is 5.75 Å². The van der Waals surface area contributed by atoms with E-state index in [1.165, 1.54) is 31.4 Å². The summed E-state index contributed by atoms with van der Waals surface area (Å²) >= 11 is 0. The summed E-state index contributed by atoms with van der Waals surface area (Å²) in [6, 6.07) is 11.1. The van der Waals surface area contributed by atoms with E-state index in [2.05, 4.69) is 5.32 Å². The smallest absolute Gasteiger partial charge is 0.269 e. The van der Waals surface area contributed by atoms with Crippen molar-refractivity contribution < 1.29 is 19.2 Å². The molecular weight excluding hydrogens is 350 g/mol. The van der Waals surface area contributed by atoms with Gasteiger partial charge >= 0.3 is 0 Å². The maximum absolute atomic E-state index is 12.5. The molecule has 8 nitrogen and oxygen atoms in total. The average Bonchev–Trinajstić information content (AvgIpc) is 3.04. The standard InChI is InChI=1S/C19H19N3O5/c1-12-3-8-17(27-2)16(9-12)21-11-13(10-18(21)23)19(24)20-14-4-6-15(7-5-14)22(25)26/h3-9,13H,10-11H2,1-2H3,(H,20,24). The van der Waals surface area contributed by atoms with Gasteiger partial charge in [-0.1, -0.05) is 6.07 Å². The van der Waals surface area contributed by atoms with Crippen LogP contribution in [0.1, 0.15) is 12.0 Å². The van der Waals surface area contributed by atoms with Crippen LogP contribution in [0.15, 0.2) is 42.5 Å². The Balaban J connectivity index is 1.72. The van der Waals surface area contributed by atoms with E-state index >= 15 is 0 Å². The van der Waals surface area contributed by atoms with Crippen molar-refractivity contribution in [2.24, 2.45) is 5.92 Å². The van der Waals surface area contributed by atoms with Crippen LogP contribution in [0.4, 0.5) is 17.1 Å². The zero-order chi connectivity index (χ0) is 19.6. The average molecular weight is 369 g/mol. The number of hydrogen-bond acceptors (Lipinski definition) is 5. The molecule has 1 unspecified atom stereocenters. The Morgan fingerprint density at radius 1 is 1.26 bits per heavy atom. The van der Waals surface area contributed by atoms with Crippen molar-refractivity contribution in [2.45, 2.75) is 13.3 Å². The van der Waals surface area contributed by atoms with E-state index in [1.807, 2.05) is 19.1 Å². The number of nitro groups is 1. The molecule has 1 atom stereocenters. The maximum atomic E-state index is 12.5. The Hall–Kier alpha value is -3.42. The largest absolute Gasteiger partial charge is 0.495 e. The van der Waals surface area contributed by atoms with Crippen LogP contribution in [0.2, 0.25) is 0 Å². The molecule has 1 aliphatic heterocycles. The molecule has 0 saturated carbocycles. The highest BCUT2D eigenvalue weighted by Crippen LogP contribution is 2.34. The number of nitrogens with one attached hydrogen (secondary N) is 1. The summed E-state index contributed by atoms with van der Waals surface area (Å²) in [5.41, 5.74) is 2.02. The number of anilines is 2. The number of amides is 2. The number of carbonyl (C=O) groups is 2. The van der Waals surface area contributed by atoms with Gasteiger partial charge < -0.3 is 15.0 Å². The van der Waals surface area contributed by atoms with Gasteiger partial charge in [-0.2, -0.15) is 0 Å². The number of carbonyl (C=O) groups excluding carboxylic acids is 2. The van der Waals surface area contributed by atoms with E-state index in [0.29, 0.717) is 17.1 Å². The normalized spacial score (nSPS) is 16.3. The third kappa shape index (κ3) is 3.89. The zero-order valence-corrected chi connectivity index (χ0v) is 15.0. The molecule has 1 heterocycles. The Labute approximate surface area is 155 Å². The van der Waals surface area contributed by atoms with Gasteiger partial charge in [-0.15, -0.1) is 0 Å². The van der Waals surface area contributed by atoms with Gasteiger partial charge in [0.05, 0.1) is 23.6 Å². The minimum absolute atomic E-state index is 0.0539. The van der Waals surface area contributed by atoms with E-state index in [1.54, 1.807) is 11.0 Å². The summed E-state index contributed by atoms with van der Waals surface area (Å²) in [5, 5.41) is 13.4. The molecule has 8 heteroatoms. The fraction of sp³-hybridized carbons (Fsp3) is 0.263. The first kappa shape index (κ1) is 18.4. The fourth-order valence-electron chi connectivity index (χ4n) is 3.04. The lowest BCUT2D eigenvalue weighted by molar-refractivity contribution is -0.384. The van der Waals surface area contributed by atoms with E-state index in [0.717, 1.165) is 5.56 Å². The van der Waals surface area contributed by atoms with Crippen LogP contribution in [-0.2, 0) is 9.59 Å². The molecule has 2 aromatic rings. The van der Waals surface area contributed by atoms with Crippen LogP contribution in [-0.4, -0.2) is 30.4 Å². The Bertz CT molecular complexity index is 895. The first-order chi connectivity index (χ1) is 12.9. The summed E-state index contributed by atoms with van der Waals surface area (Å²) in [4.78, 5) is 36.7. The predicted molar refractivity (Wildman–Crippen MR) is 99.9 cm³/mol. The molecule has 0 aliphatic carbocycles. The molecule has 140 valence electrons. The van der Waals surface area contributed by atoms with E-state index in [4.69, 9.17) is 4.74 Å². The molecule has 1 fully saturated rings. The number of ether oxygens (including phenoxy) is 1. The van der Waals surface area contributed by atoms with Crippen molar-refractivity contribution in [1.29, 1.82) is 0 Å². The number of nitro benzene ring substituents is 1. The molecular formula is C19H19N3O5. The number of methoxy groups -OCH3 is 1. The molecule has 0 radical (unpaired) electrons. The summed E-state index contributed by atoms with van der Waals surface area (Å²) < 4.78 is 5.33. The molecule has 0 bridgehead atoms. The number of nitrogens with zero attached hydrogens (tertiary/aromatic N) is 2. The van der Waals surface area contributed by atoms with Crippen molar-refractivity contribution in [3.63, 3.8) is 0 Å². The number of rotatable bonds is 5. The third-order valence-corrected chi connectivity index (χ3v) is 4.47. The second-order valence-electron chi connectivity index (χ2n) is 6.37. The minimum Gasteiger partial charge on any atom is -0.495 e. The minimum atomic E-state index is -0.516. The van der Waals surface area contributed by atoms with E-state index in [9.17, 15) is 19.7 Å². The summed E-state index contributed by atoms with van der Waals surface area (Å²) in [7, 11) is 1.54. The number of aryl methyl sites for hydroxylation is 1. The Morgan fingerprint density at radius 3 is 2.59 bits per heavy atom. The highest BCUT2D eigenvalue weighted by atomic mass is 16.6. The first-order valence-electron chi connectivity index (χ1n) is 8.39. The second-order valence-corrected chi connectivity index (χ2v) is 6.37. The third-order valence-electron chi connectivity index (χ3n) is 4.47. The molecule has 3 rings (SSSR count). The summed E-state index contributed by atoms with van der Waals surface area (Å²) in [6.07, 6.45) is 0.0932. The van der Waals surface area contributed by atoms with E-state index in [-0.39, 0.29) is 30.5 Å². The van der Waals surface area contributed by atoms with Crippen LogP contribution in [0.5, 0.6) is 5.75 Å². The molecule has 2 aromatic carbocycles. The van der Waals surface area contributed by atoms with Crippen LogP contribution in [0.25, 0.3) is 0 Å². The van der Waals surface area contributed by atoms with Crippen molar-refractivity contribution >= 4 is 28.9 Å². The lowest BCUT2D eigenvalue weighted by Gasteiger charge is -2.20. The molecule has 27 heavy (non-hydrogen) atoms. The van der Waals surface area contributed by atoms with Gasteiger partial charge in [0.1, 0.15) is 5.75 Å². The monoisotopic (exact) mass is 369 g/mol. The highest BCUT2D eigenvalue weighted by Gasteiger charge is 2.36. The lowest BCUT2D eigenvalue weighted by atomic mass is 10.1. The van der Waals surface area contributed by atoms with Crippen LogP contribution < -0.4 is 15.0 Å². The molecule has 0 spiro atoms. The van der Waals surface area contributed by atoms with Crippen LogP contribution in [0, 0.1) is 23.0 Å². The van der Waals surface area contributed by atoms with Crippen LogP contribution >= 0.6 is 0 Å². The summed E-state index contributed by atoms with van der Waals surface area (Å²) in [5.74, 6) is -0.391. The highest BCUT2D eigenvalue weighted by molar-refractivity contribution is 6.04. The van der Waals surface area contributed by atoms with Gasteiger partial charge in [-0.25, -0.2) is 0 Å². The number of benzene rings is 2. The van der Waals surface area contributed by atoms with Gasteiger partial charge in [0, 0.05) is 30.8 Å². The quantitative estimate of drug-likeness (QED) is 0.645. The number of non-ortho nitro benzene ring substituents is 1. The van der Waals surface area contributed by atoms with Crippen molar-refractivity contribution in [2.75, 3.05) is 23.9 Å². The zero-order valence-electron chi connectivity index (χ0n) is 15.0. The maximum Gasteiger partial charge on any atom is 0.269 e. The fourth-order valence-corrected chi connectivity index (χ4v) is 3.04. The van der Waals surface area contributed by atoms with Gasteiger partial charge in [-0.3, -0.25) is 19.7 Å². The van der Waals surface area contributed by atoms with Gasteiger partial charge in [0.15, 0.2) is 0 Å². The molecule has 0 aromatic heterocycles. The molecule has 1 aliphatic rings. The van der Waals surface area contributed by atoms with E-state index < -0.39 is 10.8 Å². The van der Waals surface area contributed by atoms with Crippen molar-refractivity contribution in [1.82, 2.24) is 0 Å². The topological polar surface area (TPSA) is 102 Å². The SMILES string of the molecule is COc1ccc(C)cc1N1CC(C(=O)Nc2ccc([N+](=O)[O-])cc2)CC1=O. The van der Waals surface area contributed by atoms with Gasteiger partial charge in [0.2, 0.25) is 11.8 Å². The second kappa shape index (κ2) is 7.45. The van der Waals surface area contributed by atoms with Gasteiger partial charge in [0.25, 0.3) is 5.69 Å². The Kier molecular flexibility index (Phi) is 5.07. The predicted octanol–water partition coefficient (Wildman–Crippen LogP) is 2.90. The molecule has 1 N–H and O–H groups in total. The van der Waals surface area contributed by atoms with Gasteiger partial charge in [-0.05, 0) is 36.8 Å². The Morgan fingerprint density at radius 2 is 1.96 bits per heavy atom. The molecule has 2 amide bonds. The van der Waals surface area contributed by atoms with Crippen molar-refractivity contribution in [3.05, 3.63) is 58.1 Å².